The number of allylic oxidation sites excluding steroid dienone is 6. The highest BCUT2D eigenvalue weighted by atomic mass is 16.8. The lowest BCUT2D eigenvalue weighted by atomic mass is 9.98. The van der Waals surface area contributed by atoms with Crippen molar-refractivity contribution in [2.45, 2.75) is 12.1 Å². The predicted octanol–water partition coefficient (Wildman–Crippen LogP) is 0.213. The molecule has 0 saturated heterocycles. The van der Waals surface area contributed by atoms with Crippen LogP contribution >= 0.6 is 0 Å². The van der Waals surface area contributed by atoms with Crippen molar-refractivity contribution in [1.82, 2.24) is 10.1 Å². The third kappa shape index (κ3) is 3.01. The molecule has 0 amide bonds. The maximum absolute atomic E-state index is 12.8. The molecule has 2 heterocycles. The van der Waals surface area contributed by atoms with Gasteiger partial charge in [0.25, 0.3) is 0 Å². The molecule has 5 rings (SSSR count). The van der Waals surface area contributed by atoms with Gasteiger partial charge in [-0.2, -0.15) is 9.80 Å². The highest BCUT2D eigenvalue weighted by Crippen LogP contribution is 2.43. The summed E-state index contributed by atoms with van der Waals surface area (Å²) < 4.78 is 0. The van der Waals surface area contributed by atoms with Crippen LogP contribution in [0.15, 0.2) is 94.8 Å². The van der Waals surface area contributed by atoms with Gasteiger partial charge in [-0.1, -0.05) is 35.8 Å². The standard InChI is InChI=1S/C22H16N4O8/c27-21-15-7-5-13(25(31)32)9-17(15)23(29)19(21)11-1-2-12(4-3-11)20-22(28)16-8-6-14(26(33)34)10-18(16)24(20)30/h1-10,19-20,29-30H,(H2-2,27,28,31,32,33,34)/q-2/p-2. The van der Waals surface area contributed by atoms with Gasteiger partial charge in [0.15, 0.2) is 0 Å². The quantitative estimate of drug-likeness (QED) is 0.453. The molecule has 0 saturated carbocycles. The van der Waals surface area contributed by atoms with Crippen molar-refractivity contribution in [3.8, 4) is 0 Å². The van der Waals surface area contributed by atoms with Crippen molar-refractivity contribution >= 4 is 11.4 Å². The molecular weight excluding hydrogens is 448 g/mol. The van der Waals surface area contributed by atoms with E-state index in [-0.39, 0.29) is 34.0 Å². The van der Waals surface area contributed by atoms with E-state index in [1.807, 2.05) is 0 Å². The van der Waals surface area contributed by atoms with E-state index in [1.165, 1.54) is 48.6 Å². The number of hydrogen-bond donors (Lipinski definition) is 2. The largest absolute Gasteiger partial charge is 0.873 e. The summed E-state index contributed by atoms with van der Waals surface area (Å²) in [5.74, 6) is -0.916. The molecule has 2 aliphatic carbocycles. The van der Waals surface area contributed by atoms with Gasteiger partial charge in [0.05, 0.1) is 23.5 Å². The van der Waals surface area contributed by atoms with Gasteiger partial charge in [0.1, 0.15) is 0 Å². The lowest BCUT2D eigenvalue weighted by molar-refractivity contribution is -0.377. The van der Waals surface area contributed by atoms with Crippen molar-refractivity contribution < 1.29 is 30.4 Å². The van der Waals surface area contributed by atoms with Gasteiger partial charge in [-0.15, -0.1) is 0 Å². The molecule has 1 aromatic carbocycles. The van der Waals surface area contributed by atoms with Crippen molar-refractivity contribution in [1.29, 1.82) is 0 Å². The van der Waals surface area contributed by atoms with E-state index in [9.17, 15) is 41.5 Å². The first-order chi connectivity index (χ1) is 16.2. The first-order valence-corrected chi connectivity index (χ1v) is 9.90. The SMILES string of the molecule is [O-]C1=C2C=CC(=[N+]([O-])[O-])C=C2N(O)C1c1ccc(C2C([O-])=C3C=CC(=[N+]([O-])[O-])C=C3N2O)cc1. The molecule has 2 aliphatic heterocycles. The number of benzene rings is 1. The molecule has 12 nitrogen and oxygen atoms in total. The normalized spacial score (nSPS) is 23.4. The van der Waals surface area contributed by atoms with Crippen LogP contribution in [-0.4, -0.2) is 41.8 Å². The maximum atomic E-state index is 12.8. The Morgan fingerprint density at radius 2 is 0.971 bits per heavy atom. The molecule has 174 valence electrons. The van der Waals surface area contributed by atoms with Crippen LogP contribution in [0.1, 0.15) is 23.2 Å². The van der Waals surface area contributed by atoms with E-state index in [0.29, 0.717) is 21.3 Å². The van der Waals surface area contributed by atoms with Crippen LogP contribution in [0, 0.1) is 20.8 Å². The van der Waals surface area contributed by atoms with E-state index < -0.39 is 33.4 Å². The average Bonchev–Trinajstić information content (AvgIpc) is 3.22. The molecule has 1 aromatic rings. The summed E-state index contributed by atoms with van der Waals surface area (Å²) >= 11 is 0. The Labute approximate surface area is 191 Å². The van der Waals surface area contributed by atoms with Gasteiger partial charge in [-0.3, -0.25) is 10.4 Å². The molecule has 2 N–H and O–H groups in total. The Balaban J connectivity index is 1.46. The fraction of sp³-hybridized carbons (Fsp3) is 0.0909. The molecule has 0 aromatic heterocycles. The van der Waals surface area contributed by atoms with Crippen LogP contribution in [0.2, 0.25) is 0 Å². The van der Waals surface area contributed by atoms with Crippen LogP contribution in [0.25, 0.3) is 0 Å². The Bertz CT molecular complexity index is 1240. The topological polar surface area (TPSA) is 191 Å². The summed E-state index contributed by atoms with van der Waals surface area (Å²) in [7, 11) is 0. The first kappa shape index (κ1) is 21.2. The molecule has 0 radical (unpaired) electrons. The Hall–Kier alpha value is -4.68. The lowest BCUT2D eigenvalue weighted by Gasteiger charge is -2.28. The van der Waals surface area contributed by atoms with Gasteiger partial charge in [-0.25, -0.2) is 10.1 Å². The first-order valence-electron chi connectivity index (χ1n) is 9.90. The number of fused-ring (bicyclic) bond motifs is 2. The van der Waals surface area contributed by atoms with Crippen molar-refractivity contribution in [2.24, 2.45) is 0 Å². The molecule has 34 heavy (non-hydrogen) atoms. The Kier molecular flexibility index (Phi) is 4.63. The Morgan fingerprint density at radius 1 is 0.618 bits per heavy atom. The third-order valence-corrected chi connectivity index (χ3v) is 5.96. The van der Waals surface area contributed by atoms with Gasteiger partial charge in [-0.05, 0) is 34.4 Å². The van der Waals surface area contributed by atoms with Crippen molar-refractivity contribution in [2.75, 3.05) is 0 Å². The van der Waals surface area contributed by atoms with E-state index in [4.69, 9.17) is 0 Å². The zero-order valence-corrected chi connectivity index (χ0v) is 17.1. The molecule has 2 unspecified atom stereocenters. The zero-order chi connectivity index (χ0) is 24.3. The maximum Gasteiger partial charge on any atom is 0.224 e. The highest BCUT2D eigenvalue weighted by molar-refractivity contribution is 6.04. The summed E-state index contributed by atoms with van der Waals surface area (Å²) in [5.41, 5.74) is 0.457. The second kappa shape index (κ2) is 7.43. The molecule has 4 aliphatic rings. The van der Waals surface area contributed by atoms with Crippen LogP contribution in [0.3, 0.4) is 0 Å². The van der Waals surface area contributed by atoms with E-state index >= 15 is 0 Å². The second-order valence-corrected chi connectivity index (χ2v) is 7.81. The summed E-state index contributed by atoms with van der Waals surface area (Å²) in [4.78, 5) is -1.26. The van der Waals surface area contributed by atoms with E-state index in [0.717, 1.165) is 12.2 Å². The minimum Gasteiger partial charge on any atom is -0.873 e. The van der Waals surface area contributed by atoms with Gasteiger partial charge in [0.2, 0.25) is 11.4 Å². The minimum absolute atomic E-state index is 0.0119. The van der Waals surface area contributed by atoms with Crippen molar-refractivity contribution in [3.63, 3.8) is 0 Å². The predicted molar refractivity (Wildman–Crippen MR) is 112 cm³/mol. The van der Waals surface area contributed by atoms with Gasteiger partial charge < -0.3 is 31.0 Å². The fourth-order valence-electron chi connectivity index (χ4n) is 4.30. The van der Waals surface area contributed by atoms with Crippen LogP contribution in [0.5, 0.6) is 0 Å². The Morgan fingerprint density at radius 3 is 1.29 bits per heavy atom. The molecule has 12 heteroatoms. The number of nitrogens with zero attached hydrogens (tertiary/aromatic N) is 4. The molecule has 0 fully saturated rings. The smallest absolute Gasteiger partial charge is 0.224 e. The summed E-state index contributed by atoms with van der Waals surface area (Å²) in [6, 6.07) is 3.69. The van der Waals surface area contributed by atoms with Gasteiger partial charge >= 0.3 is 0 Å². The number of hydroxylamine groups is 4. The average molecular weight is 462 g/mol. The van der Waals surface area contributed by atoms with Crippen molar-refractivity contribution in [3.05, 3.63) is 127 Å². The summed E-state index contributed by atoms with van der Waals surface area (Å²) in [6.45, 7) is 0. The van der Waals surface area contributed by atoms with E-state index in [1.54, 1.807) is 0 Å². The minimum atomic E-state index is -1.14. The second-order valence-electron chi connectivity index (χ2n) is 7.81. The molecular formula is C22H14N4O8-4. The number of rotatable bonds is 2. The third-order valence-electron chi connectivity index (χ3n) is 5.96. The summed E-state index contributed by atoms with van der Waals surface area (Å²) in [5, 5.41) is 92.2. The van der Waals surface area contributed by atoms with E-state index in [2.05, 4.69) is 0 Å². The lowest BCUT2D eigenvalue weighted by Crippen LogP contribution is -2.26. The highest BCUT2D eigenvalue weighted by Gasteiger charge is 2.35. The molecule has 0 bridgehead atoms. The monoisotopic (exact) mass is 462 g/mol. The fourth-order valence-corrected chi connectivity index (χ4v) is 4.30. The summed E-state index contributed by atoms with van der Waals surface area (Å²) in [6.07, 6.45) is 7.14. The zero-order valence-electron chi connectivity index (χ0n) is 17.1. The number of hydrogen-bond acceptors (Lipinski definition) is 10. The molecule has 0 spiro atoms. The van der Waals surface area contributed by atoms with Crippen LogP contribution < -0.4 is 10.2 Å². The van der Waals surface area contributed by atoms with Crippen LogP contribution in [0.4, 0.5) is 0 Å². The van der Waals surface area contributed by atoms with Crippen LogP contribution in [-0.2, 0) is 0 Å². The van der Waals surface area contributed by atoms with Gasteiger partial charge in [0, 0.05) is 24.3 Å². The molecule has 2 atom stereocenters.